The van der Waals surface area contributed by atoms with Crippen LogP contribution >= 0.6 is 0 Å². The Labute approximate surface area is 115 Å². The van der Waals surface area contributed by atoms with Gasteiger partial charge in [0, 0.05) is 30.9 Å². The van der Waals surface area contributed by atoms with Crippen LogP contribution in [0.3, 0.4) is 0 Å². The van der Waals surface area contributed by atoms with Crippen molar-refractivity contribution < 1.29 is 4.79 Å². The topological polar surface area (TPSA) is 32.3 Å². The molecule has 0 radical (unpaired) electrons. The highest BCUT2D eigenvalue weighted by atomic mass is 16.2. The van der Waals surface area contributed by atoms with E-state index in [0.29, 0.717) is 0 Å². The van der Waals surface area contributed by atoms with Gasteiger partial charge in [-0.15, -0.1) is 0 Å². The first-order valence-corrected chi connectivity index (χ1v) is 7.40. The number of carbonyl (C=O) groups is 1. The summed E-state index contributed by atoms with van der Waals surface area (Å²) in [5.74, 6) is 0.969. The maximum absolute atomic E-state index is 12.5. The molecule has 102 valence electrons. The number of benzene rings is 1. The first kappa shape index (κ1) is 12.5. The molecule has 1 fully saturated rings. The van der Waals surface area contributed by atoms with Gasteiger partial charge in [0.2, 0.25) is 0 Å². The second-order valence-electron chi connectivity index (χ2n) is 5.88. The molecule has 2 aliphatic heterocycles. The van der Waals surface area contributed by atoms with Crippen molar-refractivity contribution in [1.29, 1.82) is 0 Å². The Morgan fingerprint density at radius 3 is 2.89 bits per heavy atom. The summed E-state index contributed by atoms with van der Waals surface area (Å²) in [6, 6.07) is 6.12. The zero-order chi connectivity index (χ0) is 13.2. The van der Waals surface area contributed by atoms with Crippen molar-refractivity contribution in [2.75, 3.05) is 25.0 Å². The minimum Gasteiger partial charge on any atom is -0.385 e. The Bertz CT molecular complexity index is 476. The SMILES string of the molecule is CC1CCN(C(=O)c2ccc3c(c2)CCCN3)CC1. The van der Waals surface area contributed by atoms with Gasteiger partial charge in [0.15, 0.2) is 0 Å². The molecular weight excluding hydrogens is 236 g/mol. The first-order valence-electron chi connectivity index (χ1n) is 7.40. The lowest BCUT2D eigenvalue weighted by molar-refractivity contribution is 0.0697. The van der Waals surface area contributed by atoms with E-state index in [-0.39, 0.29) is 5.91 Å². The van der Waals surface area contributed by atoms with Crippen LogP contribution < -0.4 is 5.32 Å². The van der Waals surface area contributed by atoms with Crippen LogP contribution in [0.25, 0.3) is 0 Å². The predicted molar refractivity (Wildman–Crippen MR) is 77.6 cm³/mol. The number of nitrogens with zero attached hydrogens (tertiary/aromatic N) is 1. The highest BCUT2D eigenvalue weighted by molar-refractivity contribution is 5.95. The summed E-state index contributed by atoms with van der Waals surface area (Å²) >= 11 is 0. The highest BCUT2D eigenvalue weighted by Crippen LogP contribution is 2.24. The molecule has 3 heteroatoms. The maximum Gasteiger partial charge on any atom is 0.253 e. The normalized spacial score (nSPS) is 19.7. The van der Waals surface area contributed by atoms with Crippen LogP contribution in [0.1, 0.15) is 42.1 Å². The van der Waals surface area contributed by atoms with E-state index in [1.54, 1.807) is 0 Å². The van der Waals surface area contributed by atoms with E-state index >= 15 is 0 Å². The Morgan fingerprint density at radius 1 is 1.32 bits per heavy atom. The van der Waals surface area contributed by atoms with Crippen LogP contribution in [0.2, 0.25) is 0 Å². The fourth-order valence-electron chi connectivity index (χ4n) is 3.00. The number of fused-ring (bicyclic) bond motifs is 1. The van der Waals surface area contributed by atoms with Crippen molar-refractivity contribution in [3.63, 3.8) is 0 Å². The van der Waals surface area contributed by atoms with Crippen LogP contribution in [0.15, 0.2) is 18.2 Å². The smallest absolute Gasteiger partial charge is 0.253 e. The second kappa shape index (κ2) is 5.24. The van der Waals surface area contributed by atoms with E-state index in [1.165, 1.54) is 11.3 Å². The molecule has 2 heterocycles. The van der Waals surface area contributed by atoms with Gasteiger partial charge in [-0.25, -0.2) is 0 Å². The number of amides is 1. The van der Waals surface area contributed by atoms with Crippen molar-refractivity contribution >= 4 is 11.6 Å². The van der Waals surface area contributed by atoms with Crippen molar-refractivity contribution in [1.82, 2.24) is 4.90 Å². The first-order chi connectivity index (χ1) is 9.24. The van der Waals surface area contributed by atoms with Gasteiger partial charge >= 0.3 is 0 Å². The molecule has 1 N–H and O–H groups in total. The van der Waals surface area contributed by atoms with Gasteiger partial charge in [0.05, 0.1) is 0 Å². The zero-order valence-electron chi connectivity index (χ0n) is 11.6. The van der Waals surface area contributed by atoms with E-state index in [2.05, 4.69) is 24.4 Å². The van der Waals surface area contributed by atoms with E-state index in [1.807, 2.05) is 11.0 Å². The lowest BCUT2D eigenvalue weighted by Crippen LogP contribution is -2.38. The van der Waals surface area contributed by atoms with Crippen LogP contribution in [0.5, 0.6) is 0 Å². The highest BCUT2D eigenvalue weighted by Gasteiger charge is 2.22. The summed E-state index contributed by atoms with van der Waals surface area (Å²) in [5.41, 5.74) is 3.36. The average molecular weight is 258 g/mol. The number of carbonyl (C=O) groups excluding carboxylic acids is 1. The third-order valence-electron chi connectivity index (χ3n) is 4.36. The van der Waals surface area contributed by atoms with Crippen molar-refractivity contribution in [3.8, 4) is 0 Å². The summed E-state index contributed by atoms with van der Waals surface area (Å²) in [4.78, 5) is 14.5. The molecule has 1 saturated heterocycles. The largest absolute Gasteiger partial charge is 0.385 e. The molecule has 1 aromatic carbocycles. The standard InChI is InChI=1S/C16H22N2O/c1-12-6-9-18(10-7-12)16(19)14-4-5-15-13(11-14)3-2-8-17-15/h4-5,11-12,17H,2-3,6-10H2,1H3. The Morgan fingerprint density at radius 2 is 2.11 bits per heavy atom. The molecule has 0 atom stereocenters. The molecule has 1 amide bonds. The maximum atomic E-state index is 12.5. The van der Waals surface area contributed by atoms with Crippen LogP contribution in [0.4, 0.5) is 5.69 Å². The molecule has 0 aromatic heterocycles. The molecule has 0 saturated carbocycles. The van der Waals surface area contributed by atoms with Gasteiger partial charge in [0.25, 0.3) is 5.91 Å². The van der Waals surface area contributed by atoms with E-state index in [9.17, 15) is 4.79 Å². The molecule has 0 spiro atoms. The summed E-state index contributed by atoms with van der Waals surface area (Å²) in [5, 5.41) is 3.39. The molecule has 2 aliphatic rings. The van der Waals surface area contributed by atoms with Crippen molar-refractivity contribution in [2.24, 2.45) is 5.92 Å². The summed E-state index contributed by atoms with van der Waals surface area (Å²) in [7, 11) is 0. The monoisotopic (exact) mass is 258 g/mol. The van der Waals surface area contributed by atoms with Gasteiger partial charge < -0.3 is 10.2 Å². The number of aryl methyl sites for hydroxylation is 1. The number of likely N-dealkylation sites (tertiary alicyclic amines) is 1. The average Bonchev–Trinajstić information content (AvgIpc) is 2.47. The van der Waals surface area contributed by atoms with Crippen molar-refractivity contribution in [2.45, 2.75) is 32.6 Å². The van der Waals surface area contributed by atoms with E-state index in [0.717, 1.165) is 56.8 Å². The number of piperidine rings is 1. The lowest BCUT2D eigenvalue weighted by Gasteiger charge is -2.30. The van der Waals surface area contributed by atoms with Crippen molar-refractivity contribution in [3.05, 3.63) is 29.3 Å². The zero-order valence-corrected chi connectivity index (χ0v) is 11.6. The quantitative estimate of drug-likeness (QED) is 0.840. The Hall–Kier alpha value is -1.51. The summed E-state index contributed by atoms with van der Waals surface area (Å²) in [6.07, 6.45) is 4.52. The number of nitrogens with one attached hydrogen (secondary N) is 1. The Balaban J connectivity index is 1.76. The summed E-state index contributed by atoms with van der Waals surface area (Å²) in [6.45, 7) is 5.14. The number of hydrogen-bond donors (Lipinski definition) is 1. The van der Waals surface area contributed by atoms with Gasteiger partial charge in [-0.1, -0.05) is 6.92 Å². The minimum absolute atomic E-state index is 0.209. The molecule has 0 unspecified atom stereocenters. The molecule has 3 rings (SSSR count). The lowest BCUT2D eigenvalue weighted by atomic mass is 9.97. The summed E-state index contributed by atoms with van der Waals surface area (Å²) < 4.78 is 0. The van der Waals surface area contributed by atoms with E-state index < -0.39 is 0 Å². The number of hydrogen-bond acceptors (Lipinski definition) is 2. The fourth-order valence-corrected chi connectivity index (χ4v) is 3.00. The van der Waals surface area contributed by atoms with Gasteiger partial charge in [0.1, 0.15) is 0 Å². The Kier molecular flexibility index (Phi) is 3.45. The molecule has 0 aliphatic carbocycles. The van der Waals surface area contributed by atoms with Gasteiger partial charge in [-0.2, -0.15) is 0 Å². The predicted octanol–water partition coefficient (Wildman–Crippen LogP) is 2.92. The molecule has 19 heavy (non-hydrogen) atoms. The molecule has 3 nitrogen and oxygen atoms in total. The third-order valence-corrected chi connectivity index (χ3v) is 4.36. The molecule has 0 bridgehead atoms. The van der Waals surface area contributed by atoms with Crippen LogP contribution in [0, 0.1) is 5.92 Å². The van der Waals surface area contributed by atoms with Crippen LogP contribution in [-0.2, 0) is 6.42 Å². The number of rotatable bonds is 1. The van der Waals surface area contributed by atoms with E-state index in [4.69, 9.17) is 0 Å². The minimum atomic E-state index is 0.209. The third kappa shape index (κ3) is 2.60. The van der Waals surface area contributed by atoms with Gasteiger partial charge in [-0.05, 0) is 55.4 Å². The molecule has 1 aromatic rings. The fraction of sp³-hybridized carbons (Fsp3) is 0.562. The number of anilines is 1. The molecular formula is C16H22N2O. The van der Waals surface area contributed by atoms with Crippen LogP contribution in [-0.4, -0.2) is 30.4 Å². The second-order valence-corrected chi connectivity index (χ2v) is 5.88. The van der Waals surface area contributed by atoms with Gasteiger partial charge in [-0.3, -0.25) is 4.79 Å².